The van der Waals surface area contributed by atoms with E-state index in [1.165, 1.54) is 0 Å². The molecule has 0 aromatic heterocycles. The van der Waals surface area contributed by atoms with Crippen molar-refractivity contribution in [1.82, 2.24) is 0 Å². The first-order chi connectivity index (χ1) is 6.76. The van der Waals surface area contributed by atoms with Gasteiger partial charge in [-0.2, -0.15) is 0 Å². The fraction of sp³-hybridized carbons (Fsp3) is 0.167. The molecule has 2 nitrogen and oxygen atoms in total. The predicted molar refractivity (Wildman–Crippen MR) is 64.9 cm³/mol. The van der Waals surface area contributed by atoms with Crippen LogP contribution in [0, 0.1) is 0 Å². The molecule has 0 saturated heterocycles. The van der Waals surface area contributed by atoms with Gasteiger partial charge in [0.1, 0.15) is 0 Å². The quantitative estimate of drug-likeness (QED) is 0.467. The molecule has 0 aliphatic rings. The molecule has 0 rings (SSSR count). The lowest BCUT2D eigenvalue weighted by atomic mass is 10.2. The van der Waals surface area contributed by atoms with Gasteiger partial charge < -0.3 is 0 Å². The minimum absolute atomic E-state index is 0.775. The molecule has 0 heterocycles. The molecule has 0 saturated carbocycles. The summed E-state index contributed by atoms with van der Waals surface area (Å²) in [4.78, 5) is 8.33. The van der Waals surface area contributed by atoms with Crippen LogP contribution in [0.25, 0.3) is 0 Å². The Bertz CT molecular complexity index is 304. The van der Waals surface area contributed by atoms with Crippen molar-refractivity contribution < 1.29 is 0 Å². The molecule has 0 atom stereocenters. The monoisotopic (exact) mass is 188 g/mol. The highest BCUT2D eigenvalue weighted by Gasteiger charge is 1.94. The Morgan fingerprint density at radius 2 is 1.86 bits per heavy atom. The van der Waals surface area contributed by atoms with Gasteiger partial charge in [0.2, 0.25) is 0 Å². The third-order valence-electron chi connectivity index (χ3n) is 1.42. The van der Waals surface area contributed by atoms with Crippen molar-refractivity contribution in [2.24, 2.45) is 9.98 Å². The van der Waals surface area contributed by atoms with Gasteiger partial charge >= 0.3 is 0 Å². The second-order valence-electron chi connectivity index (χ2n) is 2.49. The fourth-order valence-electron chi connectivity index (χ4n) is 0.730. The first-order valence-electron chi connectivity index (χ1n) is 4.40. The molecular formula is C12H16N2. The van der Waals surface area contributed by atoms with E-state index in [-0.39, 0.29) is 0 Å². The molecule has 0 bridgehead atoms. The van der Waals surface area contributed by atoms with Crippen LogP contribution in [0.3, 0.4) is 0 Å². The van der Waals surface area contributed by atoms with Crippen molar-refractivity contribution in [3.8, 4) is 0 Å². The number of allylic oxidation sites excluding steroid dienone is 4. The molecule has 2 heteroatoms. The first kappa shape index (κ1) is 12.3. The maximum absolute atomic E-state index is 4.17. The molecule has 0 amide bonds. The van der Waals surface area contributed by atoms with Gasteiger partial charge in [-0.25, -0.2) is 0 Å². The van der Waals surface area contributed by atoms with Crippen molar-refractivity contribution in [2.45, 2.75) is 13.8 Å². The summed E-state index contributed by atoms with van der Waals surface area (Å²) in [6, 6.07) is 0. The minimum Gasteiger partial charge on any atom is -0.259 e. The minimum atomic E-state index is 0.775. The summed E-state index contributed by atoms with van der Waals surface area (Å²) in [5.41, 5.74) is 1.60. The lowest BCUT2D eigenvalue weighted by Crippen LogP contribution is -2.05. The molecular weight excluding hydrogens is 172 g/mol. The number of hydrogen-bond acceptors (Lipinski definition) is 2. The Morgan fingerprint density at radius 3 is 2.36 bits per heavy atom. The van der Waals surface area contributed by atoms with Gasteiger partial charge in [-0.1, -0.05) is 25.3 Å². The van der Waals surface area contributed by atoms with Crippen LogP contribution >= 0.6 is 0 Å². The van der Waals surface area contributed by atoms with Gasteiger partial charge in [0, 0.05) is 12.4 Å². The molecule has 0 aliphatic carbocycles. The summed E-state index contributed by atoms with van der Waals surface area (Å²) >= 11 is 0. The van der Waals surface area contributed by atoms with E-state index in [2.05, 4.69) is 23.1 Å². The summed E-state index contributed by atoms with van der Waals surface area (Å²) < 4.78 is 0. The van der Waals surface area contributed by atoms with Crippen LogP contribution in [0.4, 0.5) is 0 Å². The molecule has 0 N–H and O–H groups in total. The van der Waals surface area contributed by atoms with Crippen LogP contribution in [0.2, 0.25) is 0 Å². The normalized spacial score (nSPS) is 13.9. The summed E-state index contributed by atoms with van der Waals surface area (Å²) in [5.74, 6) is 0. The molecule has 74 valence electrons. The van der Waals surface area contributed by atoms with Crippen LogP contribution in [0.5, 0.6) is 0 Å². The second kappa shape index (κ2) is 7.92. The highest BCUT2D eigenvalue weighted by atomic mass is 14.8. The second-order valence-corrected chi connectivity index (χ2v) is 2.49. The lowest BCUT2D eigenvalue weighted by Gasteiger charge is -1.95. The van der Waals surface area contributed by atoms with Crippen molar-refractivity contribution in [3.05, 3.63) is 49.9 Å². The number of aliphatic imine (C=N–C) groups is 2. The number of nitrogens with zero attached hydrogens (tertiary/aromatic N) is 2. The van der Waals surface area contributed by atoms with Crippen LogP contribution in [0.15, 0.2) is 59.8 Å². The third kappa shape index (κ3) is 5.04. The first-order valence-corrected chi connectivity index (χ1v) is 4.40. The van der Waals surface area contributed by atoms with E-state index in [0.29, 0.717) is 0 Å². The van der Waals surface area contributed by atoms with Crippen molar-refractivity contribution in [1.29, 1.82) is 0 Å². The van der Waals surface area contributed by atoms with E-state index in [1.807, 2.05) is 19.9 Å². The average molecular weight is 188 g/mol. The van der Waals surface area contributed by atoms with Crippen molar-refractivity contribution in [2.75, 3.05) is 0 Å². The average Bonchev–Trinajstić information content (AvgIpc) is 2.19. The van der Waals surface area contributed by atoms with Gasteiger partial charge in [0.05, 0.1) is 11.4 Å². The van der Waals surface area contributed by atoms with Crippen molar-refractivity contribution in [3.63, 3.8) is 0 Å². The zero-order chi connectivity index (χ0) is 10.8. The van der Waals surface area contributed by atoms with Crippen LogP contribution in [-0.2, 0) is 0 Å². The summed E-state index contributed by atoms with van der Waals surface area (Å²) in [5, 5.41) is 0. The Morgan fingerprint density at radius 1 is 1.14 bits per heavy atom. The summed E-state index contributed by atoms with van der Waals surface area (Å²) in [7, 11) is 0. The molecule has 0 fully saturated rings. The van der Waals surface area contributed by atoms with Gasteiger partial charge in [-0.15, -0.1) is 0 Å². The van der Waals surface area contributed by atoms with E-state index < -0.39 is 0 Å². The zero-order valence-electron chi connectivity index (χ0n) is 8.77. The van der Waals surface area contributed by atoms with E-state index in [9.17, 15) is 0 Å². The van der Waals surface area contributed by atoms with Gasteiger partial charge in [-0.05, 0) is 26.0 Å². The van der Waals surface area contributed by atoms with E-state index in [0.717, 1.165) is 11.4 Å². The third-order valence-corrected chi connectivity index (χ3v) is 1.42. The van der Waals surface area contributed by atoms with Gasteiger partial charge in [0.25, 0.3) is 0 Å². The molecule has 0 aromatic carbocycles. The summed E-state index contributed by atoms with van der Waals surface area (Å²) in [6.07, 6.45) is 10.4. The maximum Gasteiger partial charge on any atom is 0.0835 e. The van der Waals surface area contributed by atoms with E-state index >= 15 is 0 Å². The Hall–Kier alpha value is -1.70. The molecule has 14 heavy (non-hydrogen) atoms. The Balaban J connectivity index is 4.68. The van der Waals surface area contributed by atoms with Crippen LogP contribution < -0.4 is 0 Å². The highest BCUT2D eigenvalue weighted by Crippen LogP contribution is 1.90. The Labute approximate surface area is 85.8 Å². The van der Waals surface area contributed by atoms with Crippen LogP contribution in [0.1, 0.15) is 13.8 Å². The number of rotatable bonds is 5. The van der Waals surface area contributed by atoms with E-state index in [1.54, 1.807) is 30.6 Å². The van der Waals surface area contributed by atoms with Gasteiger partial charge in [-0.3, -0.25) is 9.98 Å². The molecule has 0 aliphatic heterocycles. The molecule has 0 unspecified atom stereocenters. The fourth-order valence-corrected chi connectivity index (χ4v) is 0.730. The Kier molecular flexibility index (Phi) is 6.96. The topological polar surface area (TPSA) is 24.7 Å². The van der Waals surface area contributed by atoms with Gasteiger partial charge in [0.15, 0.2) is 0 Å². The smallest absolute Gasteiger partial charge is 0.0835 e. The molecule has 0 spiro atoms. The highest BCUT2D eigenvalue weighted by molar-refractivity contribution is 6.45. The maximum atomic E-state index is 4.17. The van der Waals surface area contributed by atoms with Crippen LogP contribution in [-0.4, -0.2) is 11.4 Å². The molecule has 0 aromatic rings. The number of hydrogen-bond donors (Lipinski definition) is 0. The van der Waals surface area contributed by atoms with E-state index in [4.69, 9.17) is 0 Å². The van der Waals surface area contributed by atoms with Crippen molar-refractivity contribution >= 4 is 11.4 Å². The zero-order valence-corrected chi connectivity index (χ0v) is 8.77. The molecule has 0 radical (unpaired) electrons. The summed E-state index contributed by atoms with van der Waals surface area (Å²) in [6.45, 7) is 11.0. The SMILES string of the molecule is C=C/C=C\N=C(C)C(C=C)=N/C=C\C. The standard InChI is InChI=1S/C12H16N2/c1-5-8-10-13-11(4)12(7-3)14-9-6-2/h5-10H,1,3H2,2,4H3/b9-6-,10-8-,13-11?,14-12?. The lowest BCUT2D eigenvalue weighted by molar-refractivity contribution is 1.50. The largest absolute Gasteiger partial charge is 0.259 e. The predicted octanol–water partition coefficient (Wildman–Crippen LogP) is 3.31.